The van der Waals surface area contributed by atoms with Crippen molar-refractivity contribution in [2.24, 2.45) is 5.92 Å². The van der Waals surface area contributed by atoms with Crippen LogP contribution in [0.15, 0.2) is 42.5 Å². The predicted molar refractivity (Wildman–Crippen MR) is 94.6 cm³/mol. The Balaban J connectivity index is 1.95. The van der Waals surface area contributed by atoms with Crippen LogP contribution in [0.5, 0.6) is 0 Å². The second-order valence-corrected chi connectivity index (χ2v) is 6.53. The summed E-state index contributed by atoms with van der Waals surface area (Å²) in [6, 6.07) is 14.9. The monoisotopic (exact) mass is 308 g/mol. The maximum atomic E-state index is 10.7. The molecule has 0 saturated heterocycles. The number of hydrogen-bond donors (Lipinski definition) is 2. The van der Waals surface area contributed by atoms with Crippen LogP contribution in [0.2, 0.25) is 0 Å². The number of nitrogens with one attached hydrogen (secondary N) is 2. The molecule has 1 aliphatic carbocycles. The van der Waals surface area contributed by atoms with Gasteiger partial charge >= 0.3 is 0 Å². The Kier molecular flexibility index (Phi) is 4.77. The summed E-state index contributed by atoms with van der Waals surface area (Å²) in [7, 11) is 0. The lowest BCUT2D eigenvalue weighted by atomic mass is 9.93. The summed E-state index contributed by atoms with van der Waals surface area (Å²) in [5.74, 6) is 0.818. The van der Waals surface area contributed by atoms with Crippen LogP contribution in [0.4, 0.5) is 5.69 Å². The molecule has 1 saturated carbocycles. The summed E-state index contributed by atoms with van der Waals surface area (Å²) < 4.78 is 0. The molecular weight excluding hydrogens is 284 g/mol. The fraction of sp³-hybridized carbons (Fsp3) is 0.350. The van der Waals surface area contributed by atoms with Gasteiger partial charge in [0.05, 0.1) is 6.04 Å². The zero-order chi connectivity index (χ0) is 16.2. The van der Waals surface area contributed by atoms with E-state index in [1.165, 1.54) is 35.1 Å². The van der Waals surface area contributed by atoms with Crippen LogP contribution < -0.4 is 10.6 Å². The molecule has 0 radical (unpaired) electrons. The first kappa shape index (κ1) is 15.8. The average Bonchev–Trinajstić information content (AvgIpc) is 3.36. The van der Waals surface area contributed by atoms with Gasteiger partial charge in [-0.25, -0.2) is 0 Å². The Labute approximate surface area is 138 Å². The van der Waals surface area contributed by atoms with E-state index in [0.29, 0.717) is 0 Å². The normalized spacial score (nSPS) is 15.2. The van der Waals surface area contributed by atoms with Gasteiger partial charge in [-0.05, 0) is 68.0 Å². The van der Waals surface area contributed by atoms with Crippen LogP contribution in [0.3, 0.4) is 0 Å². The maximum absolute atomic E-state index is 10.7. The SMILES string of the molecule is Cc1ccc(C)c(C(NCC2CC2)c2cccc(NC=O)c2)c1. The van der Waals surface area contributed by atoms with E-state index in [4.69, 9.17) is 0 Å². The quantitative estimate of drug-likeness (QED) is 0.760. The highest BCUT2D eigenvalue weighted by Crippen LogP contribution is 2.31. The number of amides is 1. The molecule has 1 aliphatic rings. The molecule has 1 fully saturated rings. The number of hydrogen-bond acceptors (Lipinski definition) is 2. The van der Waals surface area contributed by atoms with Gasteiger partial charge in [0.15, 0.2) is 0 Å². The summed E-state index contributed by atoms with van der Waals surface area (Å²) in [5, 5.41) is 6.48. The van der Waals surface area contributed by atoms with Crippen molar-refractivity contribution in [3.8, 4) is 0 Å². The smallest absolute Gasteiger partial charge is 0.211 e. The van der Waals surface area contributed by atoms with E-state index in [-0.39, 0.29) is 6.04 Å². The lowest BCUT2D eigenvalue weighted by molar-refractivity contribution is -0.105. The van der Waals surface area contributed by atoms with Crippen molar-refractivity contribution in [1.29, 1.82) is 0 Å². The van der Waals surface area contributed by atoms with Gasteiger partial charge in [-0.15, -0.1) is 0 Å². The van der Waals surface area contributed by atoms with E-state index in [0.717, 1.165) is 24.6 Å². The molecule has 0 spiro atoms. The number of rotatable bonds is 7. The van der Waals surface area contributed by atoms with Gasteiger partial charge in [0.25, 0.3) is 0 Å². The van der Waals surface area contributed by atoms with Crippen molar-refractivity contribution in [3.05, 3.63) is 64.7 Å². The van der Waals surface area contributed by atoms with Crippen LogP contribution in [-0.2, 0) is 4.79 Å². The first-order valence-corrected chi connectivity index (χ1v) is 8.28. The van der Waals surface area contributed by atoms with Gasteiger partial charge in [0.1, 0.15) is 0 Å². The van der Waals surface area contributed by atoms with E-state index in [1.807, 2.05) is 12.1 Å². The minimum Gasteiger partial charge on any atom is -0.329 e. The third-order valence-corrected chi connectivity index (χ3v) is 4.50. The molecule has 3 nitrogen and oxygen atoms in total. The average molecular weight is 308 g/mol. The van der Waals surface area contributed by atoms with E-state index < -0.39 is 0 Å². The first-order valence-electron chi connectivity index (χ1n) is 8.28. The molecule has 3 heteroatoms. The number of carbonyl (C=O) groups is 1. The van der Waals surface area contributed by atoms with Gasteiger partial charge in [-0.2, -0.15) is 0 Å². The van der Waals surface area contributed by atoms with Crippen molar-refractivity contribution in [2.45, 2.75) is 32.7 Å². The van der Waals surface area contributed by atoms with Crippen LogP contribution in [-0.4, -0.2) is 13.0 Å². The van der Waals surface area contributed by atoms with E-state index in [9.17, 15) is 4.79 Å². The Morgan fingerprint density at radius 3 is 2.74 bits per heavy atom. The van der Waals surface area contributed by atoms with Gasteiger partial charge in [-0.1, -0.05) is 35.9 Å². The van der Waals surface area contributed by atoms with E-state index in [1.54, 1.807) is 0 Å². The molecule has 1 atom stereocenters. The second kappa shape index (κ2) is 6.97. The van der Waals surface area contributed by atoms with Crippen LogP contribution in [0, 0.1) is 19.8 Å². The van der Waals surface area contributed by atoms with Crippen LogP contribution >= 0.6 is 0 Å². The molecule has 2 aromatic carbocycles. The van der Waals surface area contributed by atoms with Crippen molar-refractivity contribution < 1.29 is 4.79 Å². The Morgan fingerprint density at radius 2 is 2.00 bits per heavy atom. The van der Waals surface area contributed by atoms with Crippen LogP contribution in [0.1, 0.15) is 41.1 Å². The molecule has 120 valence electrons. The molecular formula is C20H24N2O. The van der Waals surface area contributed by atoms with Gasteiger partial charge < -0.3 is 10.6 Å². The lowest BCUT2D eigenvalue weighted by Gasteiger charge is -2.23. The summed E-state index contributed by atoms with van der Waals surface area (Å²) in [5.41, 5.74) is 5.89. The minimum absolute atomic E-state index is 0.156. The fourth-order valence-corrected chi connectivity index (χ4v) is 2.96. The van der Waals surface area contributed by atoms with Crippen molar-refractivity contribution in [3.63, 3.8) is 0 Å². The third kappa shape index (κ3) is 3.99. The minimum atomic E-state index is 0.156. The number of aryl methyl sites for hydroxylation is 2. The topological polar surface area (TPSA) is 41.1 Å². The van der Waals surface area contributed by atoms with Gasteiger partial charge in [-0.3, -0.25) is 4.79 Å². The molecule has 2 N–H and O–H groups in total. The molecule has 0 aliphatic heterocycles. The zero-order valence-corrected chi connectivity index (χ0v) is 13.8. The standard InChI is InChI=1S/C20H24N2O/c1-14-6-7-15(2)19(10-14)20(21-12-16-8-9-16)17-4-3-5-18(11-17)22-13-23/h3-7,10-11,13,16,20-21H,8-9,12H2,1-2H3,(H,22,23). The zero-order valence-electron chi connectivity index (χ0n) is 13.8. The molecule has 1 amide bonds. The highest BCUT2D eigenvalue weighted by Gasteiger charge is 2.24. The maximum Gasteiger partial charge on any atom is 0.211 e. The van der Waals surface area contributed by atoms with E-state index in [2.05, 4.69) is 54.8 Å². The summed E-state index contributed by atoms with van der Waals surface area (Å²) in [6.45, 7) is 5.34. The number of benzene rings is 2. The highest BCUT2D eigenvalue weighted by atomic mass is 16.1. The fourth-order valence-electron chi connectivity index (χ4n) is 2.96. The second-order valence-electron chi connectivity index (χ2n) is 6.53. The Morgan fingerprint density at radius 1 is 1.17 bits per heavy atom. The van der Waals surface area contributed by atoms with E-state index >= 15 is 0 Å². The first-order chi connectivity index (χ1) is 11.2. The molecule has 1 unspecified atom stereocenters. The molecule has 3 rings (SSSR count). The van der Waals surface area contributed by atoms with Crippen molar-refractivity contribution in [1.82, 2.24) is 5.32 Å². The molecule has 0 heterocycles. The summed E-state index contributed by atoms with van der Waals surface area (Å²) >= 11 is 0. The predicted octanol–water partition coefficient (Wildman–Crippen LogP) is 3.96. The highest BCUT2D eigenvalue weighted by molar-refractivity contribution is 5.71. The largest absolute Gasteiger partial charge is 0.329 e. The summed E-state index contributed by atoms with van der Waals surface area (Å²) in [4.78, 5) is 10.7. The van der Waals surface area contributed by atoms with Crippen molar-refractivity contribution in [2.75, 3.05) is 11.9 Å². The Bertz CT molecular complexity index is 692. The molecule has 0 bridgehead atoms. The number of carbonyl (C=O) groups excluding carboxylic acids is 1. The lowest BCUT2D eigenvalue weighted by Crippen LogP contribution is -2.25. The Hall–Kier alpha value is -2.13. The van der Waals surface area contributed by atoms with Gasteiger partial charge in [0.2, 0.25) is 6.41 Å². The molecule has 0 aromatic heterocycles. The number of anilines is 1. The third-order valence-electron chi connectivity index (χ3n) is 4.50. The molecule has 2 aromatic rings. The molecule has 23 heavy (non-hydrogen) atoms. The van der Waals surface area contributed by atoms with Crippen molar-refractivity contribution >= 4 is 12.1 Å². The summed E-state index contributed by atoms with van der Waals surface area (Å²) in [6.07, 6.45) is 3.39. The van der Waals surface area contributed by atoms with Crippen LogP contribution in [0.25, 0.3) is 0 Å². The van der Waals surface area contributed by atoms with Gasteiger partial charge in [0, 0.05) is 5.69 Å².